The fourth-order valence-electron chi connectivity index (χ4n) is 1.66. The van der Waals surface area contributed by atoms with E-state index >= 15 is 0 Å². The highest BCUT2D eigenvalue weighted by Crippen LogP contribution is 2.19. The predicted octanol–water partition coefficient (Wildman–Crippen LogP) is 0.288. The molecule has 0 aliphatic rings. The Morgan fingerprint density at radius 3 is 2.19 bits per heavy atom. The van der Waals surface area contributed by atoms with Crippen molar-refractivity contribution in [2.75, 3.05) is 0 Å². The van der Waals surface area contributed by atoms with Crippen LogP contribution in [0.3, 0.4) is 0 Å². The van der Waals surface area contributed by atoms with Crippen molar-refractivity contribution in [1.29, 1.82) is 0 Å². The molecule has 0 atom stereocenters. The van der Waals surface area contributed by atoms with Gasteiger partial charge in [0.05, 0.1) is 10.5 Å². The summed E-state index contributed by atoms with van der Waals surface area (Å²) in [5, 5.41) is 18.4. The summed E-state index contributed by atoms with van der Waals surface area (Å²) < 4.78 is 40.2. The molecule has 2 N–H and O–H groups in total. The molecule has 0 saturated heterocycles. The molecule has 0 heterocycles. The van der Waals surface area contributed by atoms with Gasteiger partial charge in [-0.1, -0.05) is 0 Å². The number of hydrogen-bond donors (Lipinski definition) is 2. The Labute approximate surface area is 122 Å². The van der Waals surface area contributed by atoms with Crippen LogP contribution in [-0.2, 0) is 15.0 Å². The number of carbonyl (C=O) groups is 1. The van der Waals surface area contributed by atoms with Crippen molar-refractivity contribution in [2.45, 2.75) is 38.2 Å². The fraction of sp³-hybridized carbons (Fsp3) is 0.417. The molecule has 9 heteroatoms. The molecule has 0 amide bonds. The first-order valence-electron chi connectivity index (χ1n) is 6.01. The Balaban J connectivity index is 3.51. The summed E-state index contributed by atoms with van der Waals surface area (Å²) in [6.45, 7) is 6.20. The van der Waals surface area contributed by atoms with Gasteiger partial charge >= 0.3 is 23.3 Å². The number of esters is 1. The van der Waals surface area contributed by atoms with Gasteiger partial charge in [0, 0.05) is 0 Å². The highest BCUT2D eigenvalue weighted by molar-refractivity contribution is 7.86. The summed E-state index contributed by atoms with van der Waals surface area (Å²) in [4.78, 5) is 11.2. The summed E-state index contributed by atoms with van der Waals surface area (Å²) in [6.07, 6.45) is 0. The summed E-state index contributed by atoms with van der Waals surface area (Å²) in [7, 11) is -7.15. The van der Waals surface area contributed by atoms with E-state index < -0.39 is 33.8 Å². The molecular weight excluding hydrogens is 302 g/mol. The molecule has 0 saturated carbocycles. The SMILES string of the molecule is Cc1c(B(O)O)cc(S(=O)(=O)F)cc1C(=O)OC(C)(C)C. The van der Waals surface area contributed by atoms with Gasteiger partial charge < -0.3 is 14.8 Å². The number of benzene rings is 1. The zero-order valence-electron chi connectivity index (χ0n) is 12.0. The number of carbonyl (C=O) groups excluding carboxylic acids is 1. The first-order valence-corrected chi connectivity index (χ1v) is 7.40. The normalized spacial score (nSPS) is 12.1. The maximum Gasteiger partial charge on any atom is 0.488 e. The van der Waals surface area contributed by atoms with Gasteiger partial charge in [-0.25, -0.2) is 4.79 Å². The topological polar surface area (TPSA) is 101 Å². The Kier molecular flexibility index (Phi) is 4.81. The second kappa shape index (κ2) is 5.74. The molecule has 6 nitrogen and oxygen atoms in total. The van der Waals surface area contributed by atoms with Crippen molar-refractivity contribution < 1.29 is 31.9 Å². The van der Waals surface area contributed by atoms with E-state index in [0.29, 0.717) is 0 Å². The Bertz CT molecular complexity index is 663. The lowest BCUT2D eigenvalue weighted by Crippen LogP contribution is -2.35. The molecule has 21 heavy (non-hydrogen) atoms. The lowest BCUT2D eigenvalue weighted by Gasteiger charge is -2.21. The summed E-state index contributed by atoms with van der Waals surface area (Å²) in [5.41, 5.74) is -1.26. The fourth-order valence-corrected chi connectivity index (χ4v) is 2.19. The van der Waals surface area contributed by atoms with Crippen LogP contribution < -0.4 is 5.46 Å². The van der Waals surface area contributed by atoms with Crippen LogP contribution in [0.1, 0.15) is 36.7 Å². The lowest BCUT2D eigenvalue weighted by molar-refractivity contribution is 0.00686. The van der Waals surface area contributed by atoms with E-state index in [1.165, 1.54) is 6.92 Å². The third kappa shape index (κ3) is 4.52. The molecule has 0 radical (unpaired) electrons. The van der Waals surface area contributed by atoms with E-state index in [1.54, 1.807) is 20.8 Å². The first kappa shape index (κ1) is 17.6. The number of hydrogen-bond acceptors (Lipinski definition) is 6. The van der Waals surface area contributed by atoms with Crippen molar-refractivity contribution in [3.8, 4) is 0 Å². The highest BCUT2D eigenvalue weighted by atomic mass is 32.3. The Morgan fingerprint density at radius 1 is 1.29 bits per heavy atom. The van der Waals surface area contributed by atoms with Crippen LogP contribution in [0.25, 0.3) is 0 Å². The highest BCUT2D eigenvalue weighted by Gasteiger charge is 2.27. The molecule has 1 rings (SSSR count). The molecule has 0 bridgehead atoms. The average molecular weight is 318 g/mol. The van der Waals surface area contributed by atoms with E-state index in [1.807, 2.05) is 0 Å². The van der Waals surface area contributed by atoms with Gasteiger partial charge in [0.25, 0.3) is 0 Å². The minimum absolute atomic E-state index is 0.103. The van der Waals surface area contributed by atoms with Crippen LogP contribution in [0, 0.1) is 6.92 Å². The van der Waals surface area contributed by atoms with E-state index in [0.717, 1.165) is 12.1 Å². The minimum atomic E-state index is -5.11. The smallest absolute Gasteiger partial charge is 0.456 e. The van der Waals surface area contributed by atoms with Crippen LogP contribution >= 0.6 is 0 Å². The first-order chi connectivity index (χ1) is 9.33. The second-order valence-electron chi connectivity index (χ2n) is 5.50. The maximum atomic E-state index is 13.1. The molecule has 0 aliphatic heterocycles. The monoisotopic (exact) mass is 318 g/mol. The van der Waals surface area contributed by atoms with Crippen LogP contribution in [-0.4, -0.2) is 37.2 Å². The van der Waals surface area contributed by atoms with Gasteiger partial charge in [-0.05, 0) is 50.9 Å². The van der Waals surface area contributed by atoms with Crippen molar-refractivity contribution in [2.24, 2.45) is 0 Å². The maximum absolute atomic E-state index is 13.1. The molecule has 0 unspecified atom stereocenters. The van der Waals surface area contributed by atoms with Crippen LogP contribution in [0.15, 0.2) is 17.0 Å². The minimum Gasteiger partial charge on any atom is -0.456 e. The van der Waals surface area contributed by atoms with Gasteiger partial charge in [-0.15, -0.1) is 3.89 Å². The molecule has 0 spiro atoms. The van der Waals surface area contributed by atoms with Crippen molar-refractivity contribution >= 4 is 28.8 Å². The Morgan fingerprint density at radius 2 is 1.81 bits per heavy atom. The summed E-state index contributed by atoms with van der Waals surface area (Å²) in [5.74, 6) is -0.882. The number of halogens is 1. The molecule has 0 aliphatic carbocycles. The number of ether oxygens (including phenoxy) is 1. The largest absolute Gasteiger partial charge is 0.488 e. The molecule has 1 aromatic carbocycles. The summed E-state index contributed by atoms with van der Waals surface area (Å²) in [6, 6.07) is 1.58. The average Bonchev–Trinajstić information content (AvgIpc) is 2.24. The van der Waals surface area contributed by atoms with Crippen LogP contribution in [0.4, 0.5) is 3.89 Å². The zero-order valence-corrected chi connectivity index (χ0v) is 12.9. The Hall–Kier alpha value is -1.45. The summed E-state index contributed by atoms with van der Waals surface area (Å²) >= 11 is 0. The third-order valence-electron chi connectivity index (χ3n) is 2.60. The molecule has 0 fully saturated rings. The van der Waals surface area contributed by atoms with E-state index in [4.69, 9.17) is 4.74 Å². The van der Waals surface area contributed by atoms with Gasteiger partial charge in [0.15, 0.2) is 0 Å². The quantitative estimate of drug-likeness (QED) is 0.472. The molecule has 0 aromatic heterocycles. The number of rotatable bonds is 3. The van der Waals surface area contributed by atoms with Gasteiger partial charge in [0.1, 0.15) is 5.60 Å². The molecule has 1 aromatic rings. The van der Waals surface area contributed by atoms with Gasteiger partial charge in [-0.3, -0.25) is 0 Å². The second-order valence-corrected chi connectivity index (χ2v) is 6.85. The van der Waals surface area contributed by atoms with Crippen molar-refractivity contribution in [1.82, 2.24) is 0 Å². The molecular formula is C12H16BFO6S. The predicted molar refractivity (Wildman–Crippen MR) is 74.5 cm³/mol. The van der Waals surface area contributed by atoms with Crippen LogP contribution in [0.5, 0.6) is 0 Å². The van der Waals surface area contributed by atoms with E-state index in [9.17, 15) is 27.1 Å². The zero-order chi connectivity index (χ0) is 16.6. The van der Waals surface area contributed by atoms with Gasteiger partial charge in [-0.2, -0.15) is 8.42 Å². The van der Waals surface area contributed by atoms with E-state index in [-0.39, 0.29) is 16.6 Å². The molecule has 116 valence electrons. The standard InChI is InChI=1S/C12H16BFO6S/c1-7-9(11(15)20-12(2,3)4)5-8(21(14,18)19)6-10(7)13(16)17/h5-6,16-17H,1-4H3. The van der Waals surface area contributed by atoms with Gasteiger partial charge in [0.2, 0.25) is 0 Å². The van der Waals surface area contributed by atoms with Crippen molar-refractivity contribution in [3.63, 3.8) is 0 Å². The van der Waals surface area contributed by atoms with Crippen molar-refractivity contribution in [3.05, 3.63) is 23.3 Å². The van der Waals surface area contributed by atoms with E-state index in [2.05, 4.69) is 0 Å². The van der Waals surface area contributed by atoms with Crippen LogP contribution in [0.2, 0.25) is 0 Å². The lowest BCUT2D eigenvalue weighted by atomic mass is 9.76. The third-order valence-corrected chi connectivity index (χ3v) is 3.40.